The molecule has 21 heavy (non-hydrogen) atoms. The number of hydrogen-bond donors (Lipinski definition) is 1. The van der Waals surface area contributed by atoms with Crippen LogP contribution in [0.3, 0.4) is 0 Å². The number of rotatable bonds is 2. The van der Waals surface area contributed by atoms with Crippen LogP contribution in [0.5, 0.6) is 0 Å². The zero-order valence-electron chi connectivity index (χ0n) is 11.4. The molecule has 2 saturated heterocycles. The summed E-state index contributed by atoms with van der Waals surface area (Å²) < 4.78 is 40.2. The number of sulfonamides is 1. The number of nitrogens with zero attached hydrogens (tertiary/aromatic N) is 2. The number of benzene rings is 1. The van der Waals surface area contributed by atoms with Crippen LogP contribution < -0.4 is 5.73 Å². The van der Waals surface area contributed by atoms with Gasteiger partial charge in [0.25, 0.3) is 0 Å². The second-order valence-corrected chi connectivity index (χ2v) is 7.81. The first-order valence-electron chi connectivity index (χ1n) is 6.88. The Morgan fingerprint density at radius 1 is 1.29 bits per heavy atom. The molecule has 0 saturated carbocycles. The van der Waals surface area contributed by atoms with Crippen molar-refractivity contribution in [2.75, 3.05) is 31.9 Å². The minimum atomic E-state index is -3.74. The Morgan fingerprint density at radius 3 is 2.81 bits per heavy atom. The highest BCUT2D eigenvalue weighted by atomic mass is 35.5. The third-order valence-electron chi connectivity index (χ3n) is 4.22. The number of hydrogen-bond acceptors (Lipinski definition) is 4. The second kappa shape index (κ2) is 5.39. The molecule has 2 heterocycles. The summed E-state index contributed by atoms with van der Waals surface area (Å²) in [4.78, 5) is 2.20. The summed E-state index contributed by atoms with van der Waals surface area (Å²) >= 11 is 5.90. The fourth-order valence-corrected chi connectivity index (χ4v) is 5.06. The van der Waals surface area contributed by atoms with E-state index in [9.17, 15) is 12.8 Å². The quantitative estimate of drug-likeness (QED) is 0.834. The van der Waals surface area contributed by atoms with E-state index in [4.69, 9.17) is 17.3 Å². The van der Waals surface area contributed by atoms with Gasteiger partial charge in [-0.25, -0.2) is 12.8 Å². The first-order valence-corrected chi connectivity index (χ1v) is 8.70. The number of nitrogens with two attached hydrogens (primary N) is 1. The Kier molecular flexibility index (Phi) is 3.85. The summed E-state index contributed by atoms with van der Waals surface area (Å²) in [6.07, 6.45) is 2.11. The molecule has 3 rings (SSSR count). The molecule has 0 aromatic heterocycles. The summed E-state index contributed by atoms with van der Waals surface area (Å²) in [5.41, 5.74) is 5.27. The zero-order chi connectivity index (χ0) is 15.2. The van der Waals surface area contributed by atoms with Crippen LogP contribution in [0.4, 0.5) is 10.1 Å². The van der Waals surface area contributed by atoms with Crippen molar-refractivity contribution < 1.29 is 12.8 Å². The lowest BCUT2D eigenvalue weighted by molar-refractivity contribution is 0.158. The Labute approximate surface area is 128 Å². The van der Waals surface area contributed by atoms with Gasteiger partial charge in [-0.3, -0.25) is 4.90 Å². The molecule has 0 radical (unpaired) electrons. The largest absolute Gasteiger partial charge is 0.396 e. The van der Waals surface area contributed by atoms with Crippen molar-refractivity contribution in [3.05, 3.63) is 23.0 Å². The molecule has 1 atom stereocenters. The van der Waals surface area contributed by atoms with Crippen molar-refractivity contribution in [2.45, 2.75) is 23.8 Å². The van der Waals surface area contributed by atoms with E-state index in [1.807, 2.05) is 0 Å². The molecule has 116 valence electrons. The van der Waals surface area contributed by atoms with Crippen molar-refractivity contribution in [1.82, 2.24) is 9.21 Å². The topological polar surface area (TPSA) is 66.6 Å². The SMILES string of the molecule is Nc1cc(S(=O)(=O)N2CCN3CCCC3C2)c(Cl)cc1F. The molecule has 0 bridgehead atoms. The highest BCUT2D eigenvalue weighted by Crippen LogP contribution is 2.31. The van der Waals surface area contributed by atoms with Crippen LogP contribution in [0, 0.1) is 5.82 Å². The maximum Gasteiger partial charge on any atom is 0.244 e. The zero-order valence-corrected chi connectivity index (χ0v) is 13.0. The molecular weight excluding hydrogens is 317 g/mol. The van der Waals surface area contributed by atoms with Gasteiger partial charge < -0.3 is 5.73 Å². The van der Waals surface area contributed by atoms with Gasteiger partial charge in [-0.15, -0.1) is 0 Å². The number of piperazine rings is 1. The Morgan fingerprint density at radius 2 is 2.05 bits per heavy atom. The molecule has 0 spiro atoms. The van der Waals surface area contributed by atoms with Gasteiger partial charge in [0.05, 0.1) is 10.7 Å². The van der Waals surface area contributed by atoms with Crippen LogP contribution >= 0.6 is 11.6 Å². The van der Waals surface area contributed by atoms with E-state index in [0.29, 0.717) is 13.1 Å². The molecule has 2 aliphatic rings. The normalized spacial score (nSPS) is 24.2. The average molecular weight is 334 g/mol. The first-order chi connectivity index (χ1) is 9.89. The van der Waals surface area contributed by atoms with Crippen LogP contribution in [0.1, 0.15) is 12.8 Å². The molecule has 1 unspecified atom stereocenters. The minimum absolute atomic E-state index is 0.116. The highest BCUT2D eigenvalue weighted by molar-refractivity contribution is 7.89. The standard InChI is InChI=1S/C13H17ClFN3O2S/c14-10-6-11(15)12(16)7-13(10)21(19,20)18-5-4-17-3-1-2-9(17)8-18/h6-7,9H,1-5,8,16H2. The fourth-order valence-electron chi connectivity index (χ4n) is 3.06. The van der Waals surface area contributed by atoms with E-state index in [0.717, 1.165) is 38.1 Å². The van der Waals surface area contributed by atoms with Crippen molar-refractivity contribution in [2.24, 2.45) is 0 Å². The fraction of sp³-hybridized carbons (Fsp3) is 0.538. The Balaban J connectivity index is 1.92. The van der Waals surface area contributed by atoms with Gasteiger partial charge in [-0.1, -0.05) is 11.6 Å². The summed E-state index contributed by atoms with van der Waals surface area (Å²) in [5, 5.41) is -0.129. The van der Waals surface area contributed by atoms with Crippen molar-refractivity contribution in [3.8, 4) is 0 Å². The van der Waals surface area contributed by atoms with E-state index in [-0.39, 0.29) is 21.6 Å². The van der Waals surface area contributed by atoms with Crippen molar-refractivity contribution >= 4 is 27.3 Å². The summed E-state index contributed by atoms with van der Waals surface area (Å²) in [7, 11) is -3.74. The first kappa shape index (κ1) is 15.0. The molecule has 1 aromatic carbocycles. The molecule has 5 nitrogen and oxygen atoms in total. The van der Waals surface area contributed by atoms with Gasteiger partial charge >= 0.3 is 0 Å². The monoisotopic (exact) mass is 333 g/mol. The lowest BCUT2D eigenvalue weighted by Gasteiger charge is -2.36. The molecule has 2 N–H and O–H groups in total. The average Bonchev–Trinajstić information content (AvgIpc) is 2.90. The molecule has 2 aliphatic heterocycles. The van der Waals surface area contributed by atoms with E-state index < -0.39 is 15.8 Å². The van der Waals surface area contributed by atoms with Crippen LogP contribution in [0.2, 0.25) is 5.02 Å². The predicted octanol–water partition coefficient (Wildman–Crippen LogP) is 1.53. The summed E-state index contributed by atoms with van der Waals surface area (Å²) in [6, 6.07) is 2.33. The molecule has 8 heteroatoms. The van der Waals surface area contributed by atoms with Gasteiger partial charge in [0.1, 0.15) is 10.7 Å². The van der Waals surface area contributed by atoms with Gasteiger partial charge in [0.2, 0.25) is 10.0 Å². The Hall–Kier alpha value is -0.890. The predicted molar refractivity (Wildman–Crippen MR) is 79.2 cm³/mol. The number of halogens is 2. The van der Waals surface area contributed by atoms with Crippen molar-refractivity contribution in [3.63, 3.8) is 0 Å². The minimum Gasteiger partial charge on any atom is -0.396 e. The number of nitrogen functional groups attached to an aromatic ring is 1. The smallest absolute Gasteiger partial charge is 0.244 e. The molecular formula is C13H17ClFN3O2S. The van der Waals surface area contributed by atoms with Gasteiger partial charge in [-0.05, 0) is 31.5 Å². The van der Waals surface area contributed by atoms with Gasteiger partial charge in [0.15, 0.2) is 0 Å². The van der Waals surface area contributed by atoms with Gasteiger partial charge in [-0.2, -0.15) is 4.31 Å². The maximum absolute atomic E-state index is 13.3. The molecule has 0 aliphatic carbocycles. The maximum atomic E-state index is 13.3. The highest BCUT2D eigenvalue weighted by Gasteiger charge is 2.37. The summed E-state index contributed by atoms with van der Waals surface area (Å²) in [5.74, 6) is -0.709. The third-order valence-corrected chi connectivity index (χ3v) is 6.55. The van der Waals surface area contributed by atoms with E-state index >= 15 is 0 Å². The van der Waals surface area contributed by atoms with Crippen molar-refractivity contribution in [1.29, 1.82) is 0 Å². The van der Waals surface area contributed by atoms with Crippen LogP contribution in [0.15, 0.2) is 17.0 Å². The van der Waals surface area contributed by atoms with Gasteiger partial charge in [0, 0.05) is 25.7 Å². The van der Waals surface area contributed by atoms with E-state index in [1.54, 1.807) is 0 Å². The van der Waals surface area contributed by atoms with Crippen LogP contribution in [0.25, 0.3) is 0 Å². The van der Waals surface area contributed by atoms with E-state index in [1.165, 1.54) is 4.31 Å². The molecule has 0 amide bonds. The van der Waals surface area contributed by atoms with Crippen LogP contribution in [-0.4, -0.2) is 49.8 Å². The van der Waals surface area contributed by atoms with Crippen LogP contribution in [-0.2, 0) is 10.0 Å². The number of anilines is 1. The third kappa shape index (κ3) is 2.63. The number of fused-ring (bicyclic) bond motifs is 1. The molecule has 2 fully saturated rings. The summed E-state index contributed by atoms with van der Waals surface area (Å²) in [6.45, 7) is 2.63. The Bertz CT molecular complexity index is 668. The van der Waals surface area contributed by atoms with E-state index in [2.05, 4.69) is 4.90 Å². The lowest BCUT2D eigenvalue weighted by Crippen LogP contribution is -2.51. The second-order valence-electron chi connectivity index (χ2n) is 5.50. The molecule has 1 aromatic rings. The lowest BCUT2D eigenvalue weighted by atomic mass is 10.2.